The Balaban J connectivity index is 2.16. The molecular formula is C14H28N4S. The van der Waals surface area contributed by atoms with Gasteiger partial charge in [-0.25, -0.2) is 0 Å². The summed E-state index contributed by atoms with van der Waals surface area (Å²) in [5.41, 5.74) is 5.82. The van der Waals surface area contributed by atoms with Crippen LogP contribution in [0.15, 0.2) is 5.16 Å². The van der Waals surface area contributed by atoms with Crippen LogP contribution in [0.5, 0.6) is 0 Å². The Morgan fingerprint density at radius 2 is 1.68 bits per heavy atom. The number of rotatable bonds is 10. The summed E-state index contributed by atoms with van der Waals surface area (Å²) in [5, 5.41) is 9.06. The van der Waals surface area contributed by atoms with Gasteiger partial charge in [0, 0.05) is 11.8 Å². The molecule has 0 aromatic carbocycles. The van der Waals surface area contributed by atoms with E-state index in [0.717, 1.165) is 10.9 Å². The lowest BCUT2D eigenvalue weighted by atomic mass is 10.1. The molecular weight excluding hydrogens is 256 g/mol. The molecule has 2 N–H and O–H groups in total. The molecule has 1 rings (SSSR count). The van der Waals surface area contributed by atoms with Crippen LogP contribution in [-0.4, -0.2) is 20.5 Å². The maximum absolute atomic E-state index is 5.82. The van der Waals surface area contributed by atoms with E-state index in [1.807, 2.05) is 4.57 Å². The van der Waals surface area contributed by atoms with Gasteiger partial charge in [-0.3, -0.25) is 4.57 Å². The summed E-state index contributed by atoms with van der Waals surface area (Å²) in [6, 6.07) is 0.326. The maximum Gasteiger partial charge on any atom is 0.222 e. The number of anilines is 1. The van der Waals surface area contributed by atoms with E-state index in [0.29, 0.717) is 12.0 Å². The first kappa shape index (κ1) is 16.3. The molecule has 0 atom stereocenters. The summed E-state index contributed by atoms with van der Waals surface area (Å²) in [7, 11) is 0. The van der Waals surface area contributed by atoms with Gasteiger partial charge in [-0.15, -0.1) is 10.2 Å². The summed E-state index contributed by atoms with van der Waals surface area (Å²) in [6.07, 6.45) is 9.41. The van der Waals surface area contributed by atoms with Gasteiger partial charge in [0.25, 0.3) is 0 Å². The standard InChI is InChI=1S/C14H28N4S/c1-4-5-6-7-8-9-10-11-19-14-17-16-13(15)18(14)12(2)3/h12H,4-11H2,1-3H3,(H2,15,16). The van der Waals surface area contributed by atoms with Gasteiger partial charge in [0.2, 0.25) is 5.95 Å². The molecule has 110 valence electrons. The monoisotopic (exact) mass is 284 g/mol. The third-order valence-corrected chi connectivity index (χ3v) is 4.22. The van der Waals surface area contributed by atoms with Crippen LogP contribution in [-0.2, 0) is 0 Å². The molecule has 0 saturated heterocycles. The SMILES string of the molecule is CCCCCCCCCSc1nnc(N)n1C(C)C. The van der Waals surface area contributed by atoms with E-state index >= 15 is 0 Å². The van der Waals surface area contributed by atoms with Gasteiger partial charge in [-0.2, -0.15) is 0 Å². The third kappa shape index (κ3) is 5.85. The lowest BCUT2D eigenvalue weighted by Gasteiger charge is -2.11. The second-order valence-corrected chi connectivity index (χ2v) is 6.34. The fourth-order valence-electron chi connectivity index (χ4n) is 2.09. The molecule has 0 aliphatic rings. The van der Waals surface area contributed by atoms with Crippen molar-refractivity contribution in [1.29, 1.82) is 0 Å². The minimum Gasteiger partial charge on any atom is -0.368 e. The van der Waals surface area contributed by atoms with Gasteiger partial charge >= 0.3 is 0 Å². The molecule has 0 saturated carbocycles. The number of thioether (sulfide) groups is 1. The van der Waals surface area contributed by atoms with Crippen LogP contribution in [0.4, 0.5) is 5.95 Å². The average molecular weight is 284 g/mol. The molecule has 0 fully saturated rings. The molecule has 19 heavy (non-hydrogen) atoms. The lowest BCUT2D eigenvalue weighted by Crippen LogP contribution is -2.07. The zero-order chi connectivity index (χ0) is 14.1. The van der Waals surface area contributed by atoms with Gasteiger partial charge < -0.3 is 5.73 Å². The van der Waals surface area contributed by atoms with Gasteiger partial charge in [0.1, 0.15) is 0 Å². The van der Waals surface area contributed by atoms with Crippen molar-refractivity contribution in [2.24, 2.45) is 0 Å². The van der Waals surface area contributed by atoms with Crippen LogP contribution in [0.25, 0.3) is 0 Å². The molecule has 0 aliphatic heterocycles. The summed E-state index contributed by atoms with van der Waals surface area (Å²) >= 11 is 1.77. The van der Waals surface area contributed by atoms with E-state index in [9.17, 15) is 0 Å². The van der Waals surface area contributed by atoms with Crippen LogP contribution in [0.2, 0.25) is 0 Å². The van der Waals surface area contributed by atoms with E-state index in [1.54, 1.807) is 11.8 Å². The van der Waals surface area contributed by atoms with E-state index < -0.39 is 0 Å². The van der Waals surface area contributed by atoms with Crippen molar-refractivity contribution in [2.75, 3.05) is 11.5 Å². The highest BCUT2D eigenvalue weighted by atomic mass is 32.2. The summed E-state index contributed by atoms with van der Waals surface area (Å²) in [5.74, 6) is 1.63. The smallest absolute Gasteiger partial charge is 0.222 e. The lowest BCUT2D eigenvalue weighted by molar-refractivity contribution is 0.556. The highest BCUT2D eigenvalue weighted by molar-refractivity contribution is 7.99. The second kappa shape index (κ2) is 9.23. The number of hydrogen-bond donors (Lipinski definition) is 1. The number of hydrogen-bond acceptors (Lipinski definition) is 4. The molecule has 5 heteroatoms. The fourth-order valence-corrected chi connectivity index (χ4v) is 3.17. The Morgan fingerprint density at radius 3 is 2.32 bits per heavy atom. The van der Waals surface area contributed by atoms with Crippen LogP contribution < -0.4 is 5.73 Å². The number of nitrogen functional groups attached to an aromatic ring is 1. The van der Waals surface area contributed by atoms with Crippen LogP contribution >= 0.6 is 11.8 Å². The maximum atomic E-state index is 5.82. The molecule has 1 heterocycles. The predicted octanol–water partition coefficient (Wildman–Crippen LogP) is 4.28. The van der Waals surface area contributed by atoms with E-state index in [2.05, 4.69) is 31.0 Å². The quantitative estimate of drug-likeness (QED) is 0.514. The molecule has 1 aromatic heterocycles. The summed E-state index contributed by atoms with van der Waals surface area (Å²) in [6.45, 7) is 6.47. The minimum absolute atomic E-state index is 0.326. The normalized spacial score (nSPS) is 11.4. The van der Waals surface area contributed by atoms with Crippen LogP contribution in [0, 0.1) is 0 Å². The Morgan fingerprint density at radius 1 is 1.05 bits per heavy atom. The van der Waals surface area contributed by atoms with E-state index in [1.165, 1.54) is 44.9 Å². The van der Waals surface area contributed by atoms with Gasteiger partial charge in [-0.05, 0) is 20.3 Å². The Bertz CT molecular complexity index is 349. The van der Waals surface area contributed by atoms with Crippen LogP contribution in [0.3, 0.4) is 0 Å². The van der Waals surface area contributed by atoms with Crippen molar-refractivity contribution in [3.8, 4) is 0 Å². The number of unbranched alkanes of at least 4 members (excludes halogenated alkanes) is 6. The van der Waals surface area contributed by atoms with Crippen LogP contribution in [0.1, 0.15) is 71.8 Å². The van der Waals surface area contributed by atoms with Gasteiger partial charge in [0.15, 0.2) is 5.16 Å². The van der Waals surface area contributed by atoms with E-state index in [-0.39, 0.29) is 0 Å². The highest BCUT2D eigenvalue weighted by Crippen LogP contribution is 2.23. The van der Waals surface area contributed by atoms with Crippen molar-refractivity contribution >= 4 is 17.7 Å². The Hall–Kier alpha value is -0.710. The third-order valence-electron chi connectivity index (χ3n) is 3.19. The topological polar surface area (TPSA) is 56.7 Å². The summed E-state index contributed by atoms with van der Waals surface area (Å²) in [4.78, 5) is 0. The number of nitrogens with zero attached hydrogens (tertiary/aromatic N) is 3. The second-order valence-electron chi connectivity index (χ2n) is 5.27. The Kier molecular flexibility index (Phi) is 7.94. The van der Waals surface area contributed by atoms with Crippen molar-refractivity contribution in [2.45, 2.75) is 76.9 Å². The first-order valence-corrected chi connectivity index (χ1v) is 8.48. The molecule has 0 radical (unpaired) electrons. The van der Waals surface area contributed by atoms with E-state index in [4.69, 9.17) is 5.73 Å². The van der Waals surface area contributed by atoms with Crippen molar-refractivity contribution < 1.29 is 0 Å². The fraction of sp³-hybridized carbons (Fsp3) is 0.857. The number of aromatic nitrogens is 3. The van der Waals surface area contributed by atoms with Gasteiger partial charge in [-0.1, -0.05) is 57.2 Å². The molecule has 0 bridgehead atoms. The minimum atomic E-state index is 0.326. The zero-order valence-corrected chi connectivity index (χ0v) is 13.4. The van der Waals surface area contributed by atoms with Crippen molar-refractivity contribution in [3.63, 3.8) is 0 Å². The zero-order valence-electron chi connectivity index (χ0n) is 12.6. The molecule has 0 unspecified atom stereocenters. The first-order chi connectivity index (χ1) is 9.16. The molecule has 0 aliphatic carbocycles. The molecule has 4 nitrogen and oxygen atoms in total. The number of nitrogens with two attached hydrogens (primary N) is 1. The largest absolute Gasteiger partial charge is 0.368 e. The Labute approximate surface area is 121 Å². The molecule has 1 aromatic rings. The first-order valence-electron chi connectivity index (χ1n) is 7.50. The van der Waals surface area contributed by atoms with Gasteiger partial charge in [0.05, 0.1) is 0 Å². The van der Waals surface area contributed by atoms with Crippen molar-refractivity contribution in [3.05, 3.63) is 0 Å². The molecule has 0 amide bonds. The summed E-state index contributed by atoms with van der Waals surface area (Å²) < 4.78 is 2.01. The highest BCUT2D eigenvalue weighted by Gasteiger charge is 2.12. The predicted molar refractivity (Wildman–Crippen MR) is 83.5 cm³/mol. The molecule has 0 spiro atoms. The van der Waals surface area contributed by atoms with Crippen molar-refractivity contribution in [1.82, 2.24) is 14.8 Å². The average Bonchev–Trinajstić information content (AvgIpc) is 2.74.